The normalized spacial score (nSPS) is 10.8. The van der Waals surface area contributed by atoms with Gasteiger partial charge in [-0.25, -0.2) is 0 Å². The zero-order valence-corrected chi connectivity index (χ0v) is 13.5. The molecule has 0 unspecified atom stereocenters. The molecule has 0 saturated carbocycles. The van der Waals surface area contributed by atoms with Crippen LogP contribution in [0.15, 0.2) is 66.9 Å². The van der Waals surface area contributed by atoms with Crippen molar-refractivity contribution in [2.45, 2.75) is 26.4 Å². The van der Waals surface area contributed by atoms with Crippen LogP contribution in [0.3, 0.4) is 0 Å². The third-order valence-corrected chi connectivity index (χ3v) is 4.20. The second kappa shape index (κ2) is 7.14. The smallest absolute Gasteiger partial charge is 0.224 e. The maximum Gasteiger partial charge on any atom is 0.224 e. The highest BCUT2D eigenvalue weighted by Crippen LogP contribution is 2.16. The van der Waals surface area contributed by atoms with E-state index in [1.165, 1.54) is 16.5 Å². The SMILES string of the molecule is CCN(Cc1ccccc1)C(=O)CCn1ccc2ccccc21. The van der Waals surface area contributed by atoms with Gasteiger partial charge in [-0.1, -0.05) is 48.5 Å². The lowest BCUT2D eigenvalue weighted by molar-refractivity contribution is -0.131. The average molecular weight is 306 g/mol. The molecule has 0 aliphatic rings. The van der Waals surface area contributed by atoms with E-state index in [0.717, 1.165) is 13.1 Å². The number of benzene rings is 2. The molecule has 0 bridgehead atoms. The number of amides is 1. The number of fused-ring (bicyclic) bond motifs is 1. The number of aromatic nitrogens is 1. The molecule has 118 valence electrons. The monoisotopic (exact) mass is 306 g/mol. The van der Waals surface area contributed by atoms with Gasteiger partial charge < -0.3 is 9.47 Å². The van der Waals surface area contributed by atoms with Crippen molar-refractivity contribution in [3.63, 3.8) is 0 Å². The topological polar surface area (TPSA) is 25.2 Å². The van der Waals surface area contributed by atoms with Crippen LogP contribution in [0.4, 0.5) is 0 Å². The number of para-hydroxylation sites is 1. The molecule has 3 rings (SSSR count). The van der Waals surface area contributed by atoms with Crippen LogP contribution in [0, 0.1) is 0 Å². The van der Waals surface area contributed by atoms with Crippen LogP contribution in [0.5, 0.6) is 0 Å². The van der Waals surface area contributed by atoms with Gasteiger partial charge in [-0.05, 0) is 30.0 Å². The number of hydrogen-bond donors (Lipinski definition) is 0. The van der Waals surface area contributed by atoms with Crippen LogP contribution in [0.2, 0.25) is 0 Å². The summed E-state index contributed by atoms with van der Waals surface area (Å²) in [6.07, 6.45) is 2.59. The highest BCUT2D eigenvalue weighted by molar-refractivity contribution is 5.80. The van der Waals surface area contributed by atoms with Gasteiger partial charge in [0.05, 0.1) is 0 Å². The molecule has 1 amide bonds. The molecule has 0 saturated heterocycles. The Kier molecular flexibility index (Phi) is 4.77. The van der Waals surface area contributed by atoms with E-state index < -0.39 is 0 Å². The van der Waals surface area contributed by atoms with Crippen molar-refractivity contribution in [1.82, 2.24) is 9.47 Å². The molecule has 0 N–H and O–H groups in total. The second-order valence-corrected chi connectivity index (χ2v) is 5.71. The van der Waals surface area contributed by atoms with E-state index in [9.17, 15) is 4.79 Å². The number of nitrogens with zero attached hydrogens (tertiary/aromatic N) is 2. The molecule has 0 aliphatic carbocycles. The Bertz CT molecular complexity index is 776. The second-order valence-electron chi connectivity index (χ2n) is 5.71. The minimum atomic E-state index is 0.203. The summed E-state index contributed by atoms with van der Waals surface area (Å²) in [5.74, 6) is 0.203. The molecule has 0 fully saturated rings. The highest BCUT2D eigenvalue weighted by atomic mass is 16.2. The first kappa shape index (κ1) is 15.3. The van der Waals surface area contributed by atoms with Crippen molar-refractivity contribution in [1.29, 1.82) is 0 Å². The van der Waals surface area contributed by atoms with Gasteiger partial charge >= 0.3 is 0 Å². The molecular weight excluding hydrogens is 284 g/mol. The van der Waals surface area contributed by atoms with Gasteiger partial charge in [0, 0.05) is 37.8 Å². The van der Waals surface area contributed by atoms with E-state index in [1.807, 2.05) is 42.2 Å². The van der Waals surface area contributed by atoms with Crippen LogP contribution < -0.4 is 0 Å². The average Bonchev–Trinajstić information content (AvgIpc) is 3.01. The summed E-state index contributed by atoms with van der Waals surface area (Å²) < 4.78 is 2.16. The number of rotatable bonds is 6. The first-order valence-corrected chi connectivity index (χ1v) is 8.13. The molecule has 0 spiro atoms. The van der Waals surface area contributed by atoms with Gasteiger partial charge in [0.25, 0.3) is 0 Å². The lowest BCUT2D eigenvalue weighted by Gasteiger charge is -2.21. The van der Waals surface area contributed by atoms with Crippen molar-refractivity contribution in [3.05, 3.63) is 72.4 Å². The molecule has 0 atom stereocenters. The quantitative estimate of drug-likeness (QED) is 0.673. The van der Waals surface area contributed by atoms with Gasteiger partial charge in [-0.15, -0.1) is 0 Å². The summed E-state index contributed by atoms with van der Waals surface area (Å²) >= 11 is 0. The van der Waals surface area contributed by atoms with Crippen molar-refractivity contribution >= 4 is 16.8 Å². The standard InChI is InChI=1S/C20H22N2O/c1-2-21(16-17-8-4-3-5-9-17)20(23)13-15-22-14-12-18-10-6-7-11-19(18)22/h3-12,14H,2,13,15-16H2,1H3. The fourth-order valence-electron chi connectivity index (χ4n) is 2.89. The maximum absolute atomic E-state index is 12.5. The van der Waals surface area contributed by atoms with E-state index in [1.54, 1.807) is 0 Å². The Morgan fingerprint density at radius 3 is 2.52 bits per heavy atom. The predicted octanol–water partition coefficient (Wildman–Crippen LogP) is 4.08. The van der Waals surface area contributed by atoms with E-state index in [0.29, 0.717) is 13.0 Å². The molecule has 3 nitrogen and oxygen atoms in total. The van der Waals surface area contributed by atoms with Crippen LogP contribution in [-0.2, 0) is 17.9 Å². The summed E-state index contributed by atoms with van der Waals surface area (Å²) in [4.78, 5) is 14.4. The molecule has 1 aromatic heterocycles. The van der Waals surface area contributed by atoms with Crippen LogP contribution in [0.1, 0.15) is 18.9 Å². The summed E-state index contributed by atoms with van der Waals surface area (Å²) in [5.41, 5.74) is 2.36. The largest absolute Gasteiger partial charge is 0.347 e. The molecule has 23 heavy (non-hydrogen) atoms. The molecule has 3 heteroatoms. The van der Waals surface area contributed by atoms with Crippen LogP contribution in [0.25, 0.3) is 10.9 Å². The minimum Gasteiger partial charge on any atom is -0.347 e. The van der Waals surface area contributed by atoms with E-state index in [4.69, 9.17) is 0 Å². The third kappa shape index (κ3) is 3.62. The number of carbonyl (C=O) groups is 1. The summed E-state index contributed by atoms with van der Waals surface area (Å²) in [5, 5.41) is 1.22. The molecule has 1 heterocycles. The minimum absolute atomic E-state index is 0.203. The molecule has 0 aliphatic heterocycles. The van der Waals surface area contributed by atoms with Gasteiger partial charge in [0.15, 0.2) is 0 Å². The highest BCUT2D eigenvalue weighted by Gasteiger charge is 2.12. The molecule has 3 aromatic rings. The lowest BCUT2D eigenvalue weighted by Crippen LogP contribution is -2.30. The Morgan fingerprint density at radius 2 is 1.74 bits per heavy atom. The Hall–Kier alpha value is -2.55. The van der Waals surface area contributed by atoms with E-state index >= 15 is 0 Å². The first-order valence-electron chi connectivity index (χ1n) is 8.13. The van der Waals surface area contributed by atoms with Gasteiger partial charge in [0.1, 0.15) is 0 Å². The predicted molar refractivity (Wildman–Crippen MR) is 94.1 cm³/mol. The summed E-state index contributed by atoms with van der Waals surface area (Å²) in [7, 11) is 0. The Morgan fingerprint density at radius 1 is 1.00 bits per heavy atom. The zero-order valence-electron chi connectivity index (χ0n) is 13.5. The van der Waals surface area contributed by atoms with Crippen molar-refractivity contribution in [2.24, 2.45) is 0 Å². The van der Waals surface area contributed by atoms with E-state index in [2.05, 4.69) is 41.1 Å². The number of aryl methyl sites for hydroxylation is 1. The molecule has 2 aromatic carbocycles. The van der Waals surface area contributed by atoms with Crippen molar-refractivity contribution in [3.8, 4) is 0 Å². The lowest BCUT2D eigenvalue weighted by atomic mass is 10.2. The third-order valence-electron chi connectivity index (χ3n) is 4.20. The fraction of sp³-hybridized carbons (Fsp3) is 0.250. The number of hydrogen-bond acceptors (Lipinski definition) is 1. The zero-order chi connectivity index (χ0) is 16.1. The van der Waals surface area contributed by atoms with Gasteiger partial charge in [0.2, 0.25) is 5.91 Å². The maximum atomic E-state index is 12.5. The Balaban J connectivity index is 1.63. The van der Waals surface area contributed by atoms with Crippen molar-refractivity contribution < 1.29 is 4.79 Å². The van der Waals surface area contributed by atoms with Gasteiger partial charge in [-0.2, -0.15) is 0 Å². The number of carbonyl (C=O) groups excluding carboxylic acids is 1. The van der Waals surface area contributed by atoms with Gasteiger partial charge in [-0.3, -0.25) is 4.79 Å². The molecule has 0 radical (unpaired) electrons. The Labute approximate surface area is 137 Å². The van der Waals surface area contributed by atoms with Crippen LogP contribution in [-0.4, -0.2) is 21.9 Å². The summed E-state index contributed by atoms with van der Waals surface area (Å²) in [6, 6.07) is 20.5. The molecular formula is C20H22N2O. The fourth-order valence-corrected chi connectivity index (χ4v) is 2.89. The van der Waals surface area contributed by atoms with Crippen molar-refractivity contribution in [2.75, 3.05) is 6.54 Å². The van der Waals surface area contributed by atoms with Crippen LogP contribution >= 0.6 is 0 Å². The first-order chi connectivity index (χ1) is 11.3. The summed E-state index contributed by atoms with van der Waals surface area (Å²) in [6.45, 7) is 4.17. The van der Waals surface area contributed by atoms with E-state index in [-0.39, 0.29) is 5.91 Å².